The van der Waals surface area contributed by atoms with Crippen molar-refractivity contribution in [3.8, 4) is 0 Å². The smallest absolute Gasteiger partial charge is 0.166 e. The Morgan fingerprint density at radius 3 is 2.93 bits per heavy atom. The van der Waals surface area contributed by atoms with Crippen molar-refractivity contribution in [2.45, 2.75) is 6.92 Å². The molecule has 0 radical (unpaired) electrons. The summed E-state index contributed by atoms with van der Waals surface area (Å²) in [5.74, 6) is 0.571. The summed E-state index contributed by atoms with van der Waals surface area (Å²) >= 11 is 11.2. The summed E-state index contributed by atoms with van der Waals surface area (Å²) in [6.45, 7) is 2.56. The topological polar surface area (TPSA) is 24.9 Å². The van der Waals surface area contributed by atoms with E-state index in [-0.39, 0.29) is 11.7 Å². The van der Waals surface area contributed by atoms with Crippen LogP contribution in [-0.4, -0.2) is 17.4 Å². The third-order valence-electron chi connectivity index (χ3n) is 1.69. The van der Waals surface area contributed by atoms with Gasteiger partial charge in [0.25, 0.3) is 0 Å². The van der Waals surface area contributed by atoms with Gasteiger partial charge in [-0.1, -0.05) is 18.5 Å². The molecule has 78 valence electrons. The van der Waals surface area contributed by atoms with Gasteiger partial charge in [0.15, 0.2) is 11.6 Å². The molecular formula is C9H11Cl2FN2. The van der Waals surface area contributed by atoms with E-state index in [2.05, 4.69) is 10.3 Å². The summed E-state index contributed by atoms with van der Waals surface area (Å²) in [5, 5.41) is 3.15. The van der Waals surface area contributed by atoms with E-state index in [1.54, 1.807) is 0 Å². The van der Waals surface area contributed by atoms with Crippen molar-refractivity contribution in [2.24, 2.45) is 5.92 Å². The molecule has 0 aliphatic heterocycles. The SMILES string of the molecule is CC(CCl)CNc1ncc(Cl)cc1F. The Morgan fingerprint density at radius 1 is 1.64 bits per heavy atom. The maximum atomic E-state index is 13.2. The Morgan fingerprint density at radius 2 is 2.36 bits per heavy atom. The molecule has 0 fully saturated rings. The van der Waals surface area contributed by atoms with Crippen LogP contribution in [0.25, 0.3) is 0 Å². The Bertz CT molecular complexity index is 307. The maximum Gasteiger partial charge on any atom is 0.166 e. The number of pyridine rings is 1. The highest BCUT2D eigenvalue weighted by Gasteiger charge is 2.05. The van der Waals surface area contributed by atoms with E-state index in [1.807, 2.05) is 6.92 Å². The first kappa shape index (κ1) is 11.5. The minimum absolute atomic E-state index is 0.214. The van der Waals surface area contributed by atoms with Gasteiger partial charge in [0, 0.05) is 18.6 Å². The first-order valence-corrected chi connectivity index (χ1v) is 5.15. The highest BCUT2D eigenvalue weighted by atomic mass is 35.5. The zero-order chi connectivity index (χ0) is 10.6. The summed E-state index contributed by atoms with van der Waals surface area (Å²) in [6, 6.07) is 1.22. The molecule has 1 N–H and O–H groups in total. The number of nitrogens with zero attached hydrogens (tertiary/aromatic N) is 1. The number of nitrogens with one attached hydrogen (secondary N) is 1. The molecule has 0 saturated heterocycles. The highest BCUT2D eigenvalue weighted by molar-refractivity contribution is 6.30. The highest BCUT2D eigenvalue weighted by Crippen LogP contribution is 2.15. The molecule has 1 rings (SSSR count). The number of alkyl halides is 1. The molecule has 2 nitrogen and oxygen atoms in total. The van der Waals surface area contributed by atoms with Gasteiger partial charge in [0.2, 0.25) is 0 Å². The van der Waals surface area contributed by atoms with Crippen molar-refractivity contribution in [2.75, 3.05) is 17.7 Å². The van der Waals surface area contributed by atoms with Crippen molar-refractivity contribution < 1.29 is 4.39 Å². The van der Waals surface area contributed by atoms with Crippen molar-refractivity contribution in [3.05, 3.63) is 23.1 Å². The molecule has 1 aromatic heterocycles. The van der Waals surface area contributed by atoms with Crippen LogP contribution >= 0.6 is 23.2 Å². The van der Waals surface area contributed by atoms with Crippen LogP contribution in [0.15, 0.2) is 12.3 Å². The second-order valence-electron chi connectivity index (χ2n) is 3.12. The molecule has 0 aliphatic carbocycles. The number of rotatable bonds is 4. The second-order valence-corrected chi connectivity index (χ2v) is 3.87. The van der Waals surface area contributed by atoms with E-state index in [1.165, 1.54) is 12.3 Å². The largest absolute Gasteiger partial charge is 0.367 e. The molecule has 5 heteroatoms. The monoisotopic (exact) mass is 236 g/mol. The molecule has 0 aliphatic rings. The molecule has 1 aromatic rings. The predicted octanol–water partition coefficient (Wildman–Crippen LogP) is 3.16. The lowest BCUT2D eigenvalue weighted by molar-refractivity contribution is 0.618. The van der Waals surface area contributed by atoms with Crippen LogP contribution in [0.1, 0.15) is 6.92 Å². The average molecular weight is 237 g/mol. The van der Waals surface area contributed by atoms with Crippen molar-refractivity contribution in [1.82, 2.24) is 4.98 Å². The fourth-order valence-corrected chi connectivity index (χ4v) is 1.12. The summed E-state index contributed by atoms with van der Waals surface area (Å²) in [5.41, 5.74) is 0. The van der Waals surface area contributed by atoms with Crippen molar-refractivity contribution >= 4 is 29.0 Å². The fraction of sp³-hybridized carbons (Fsp3) is 0.444. The van der Waals surface area contributed by atoms with E-state index in [0.717, 1.165) is 0 Å². The van der Waals surface area contributed by atoms with E-state index in [0.29, 0.717) is 17.4 Å². The summed E-state index contributed by atoms with van der Waals surface area (Å²) in [6.07, 6.45) is 1.40. The maximum absolute atomic E-state index is 13.2. The molecule has 0 aromatic carbocycles. The zero-order valence-corrected chi connectivity index (χ0v) is 9.24. The molecule has 0 spiro atoms. The number of halogens is 3. The van der Waals surface area contributed by atoms with Gasteiger partial charge in [-0.3, -0.25) is 0 Å². The number of hydrogen-bond acceptors (Lipinski definition) is 2. The van der Waals surface area contributed by atoms with Crippen LogP contribution in [0, 0.1) is 11.7 Å². The van der Waals surface area contributed by atoms with Crippen LogP contribution in [0.2, 0.25) is 5.02 Å². The zero-order valence-electron chi connectivity index (χ0n) is 7.73. The molecule has 0 bridgehead atoms. The normalized spacial score (nSPS) is 12.6. The number of anilines is 1. The quantitative estimate of drug-likeness (QED) is 0.813. The molecular weight excluding hydrogens is 226 g/mol. The van der Waals surface area contributed by atoms with Crippen molar-refractivity contribution in [3.63, 3.8) is 0 Å². The first-order chi connectivity index (χ1) is 6.63. The van der Waals surface area contributed by atoms with Gasteiger partial charge in [0.05, 0.1) is 5.02 Å². The minimum atomic E-state index is -0.445. The molecule has 0 saturated carbocycles. The van der Waals surface area contributed by atoms with Gasteiger partial charge >= 0.3 is 0 Å². The Balaban J connectivity index is 2.59. The van der Waals surface area contributed by atoms with E-state index in [4.69, 9.17) is 23.2 Å². The van der Waals surface area contributed by atoms with Gasteiger partial charge in [-0.05, 0) is 12.0 Å². The third-order valence-corrected chi connectivity index (χ3v) is 2.42. The van der Waals surface area contributed by atoms with Crippen LogP contribution in [0.4, 0.5) is 10.2 Å². The third kappa shape index (κ3) is 3.31. The van der Waals surface area contributed by atoms with Crippen LogP contribution in [0.3, 0.4) is 0 Å². The molecule has 0 amide bonds. The van der Waals surface area contributed by atoms with Crippen LogP contribution < -0.4 is 5.32 Å². The standard InChI is InChI=1S/C9H11Cl2FN2/c1-6(3-10)4-13-9-8(12)2-7(11)5-14-9/h2,5-6H,3-4H2,1H3,(H,13,14). The van der Waals surface area contributed by atoms with E-state index < -0.39 is 5.82 Å². The first-order valence-electron chi connectivity index (χ1n) is 4.24. The lowest BCUT2D eigenvalue weighted by Crippen LogP contribution is -2.14. The Kier molecular flexibility index (Phi) is 4.42. The molecule has 1 heterocycles. The lowest BCUT2D eigenvalue weighted by Gasteiger charge is -2.10. The molecule has 1 atom stereocenters. The lowest BCUT2D eigenvalue weighted by atomic mass is 10.2. The van der Waals surface area contributed by atoms with Gasteiger partial charge in [-0.2, -0.15) is 0 Å². The molecule has 1 unspecified atom stereocenters. The number of aromatic nitrogens is 1. The summed E-state index contributed by atoms with van der Waals surface area (Å²) in [7, 11) is 0. The van der Waals surface area contributed by atoms with E-state index in [9.17, 15) is 4.39 Å². The average Bonchev–Trinajstić information content (AvgIpc) is 2.16. The van der Waals surface area contributed by atoms with Crippen LogP contribution in [-0.2, 0) is 0 Å². The van der Waals surface area contributed by atoms with Gasteiger partial charge in [0.1, 0.15) is 0 Å². The van der Waals surface area contributed by atoms with Crippen LogP contribution in [0.5, 0.6) is 0 Å². The Hall–Kier alpha value is -0.540. The molecule has 14 heavy (non-hydrogen) atoms. The van der Waals surface area contributed by atoms with Crippen molar-refractivity contribution in [1.29, 1.82) is 0 Å². The predicted molar refractivity (Wildman–Crippen MR) is 57.6 cm³/mol. The van der Waals surface area contributed by atoms with Gasteiger partial charge in [-0.25, -0.2) is 9.37 Å². The number of hydrogen-bond donors (Lipinski definition) is 1. The summed E-state index contributed by atoms with van der Waals surface area (Å²) in [4.78, 5) is 3.82. The van der Waals surface area contributed by atoms with E-state index >= 15 is 0 Å². The fourth-order valence-electron chi connectivity index (χ4n) is 0.870. The minimum Gasteiger partial charge on any atom is -0.367 e. The Labute approximate surface area is 92.4 Å². The van der Waals surface area contributed by atoms with Gasteiger partial charge < -0.3 is 5.32 Å². The van der Waals surface area contributed by atoms with Gasteiger partial charge in [-0.15, -0.1) is 11.6 Å². The summed E-state index contributed by atoms with van der Waals surface area (Å²) < 4.78 is 13.2. The second kappa shape index (κ2) is 5.37.